The minimum Gasteiger partial charge on any atom is -0.481 e. The molecule has 4 nitrogen and oxygen atoms in total. The third kappa shape index (κ3) is 7.31. The summed E-state index contributed by atoms with van der Waals surface area (Å²) in [7, 11) is 0. The van der Waals surface area contributed by atoms with Crippen LogP contribution in [0.4, 0.5) is 0 Å². The van der Waals surface area contributed by atoms with Gasteiger partial charge < -0.3 is 15.0 Å². The average molecular weight is 353 g/mol. The van der Waals surface area contributed by atoms with E-state index in [9.17, 15) is 19.8 Å². The average Bonchev–Trinajstić information content (AvgIpc) is 2.99. The monoisotopic (exact) mass is 352 g/mol. The molecule has 0 heterocycles. The zero-order valence-corrected chi connectivity index (χ0v) is 15.9. The zero-order chi connectivity index (χ0) is 18.7. The van der Waals surface area contributed by atoms with Crippen LogP contribution in [0.2, 0.25) is 0 Å². The lowest BCUT2D eigenvalue weighted by molar-refractivity contribution is -0.145. The molecule has 1 fully saturated rings. The van der Waals surface area contributed by atoms with Crippen LogP contribution in [0.25, 0.3) is 0 Å². The zero-order valence-electron chi connectivity index (χ0n) is 15.9. The van der Waals surface area contributed by atoms with Gasteiger partial charge in [-0.2, -0.15) is 0 Å². The predicted molar refractivity (Wildman–Crippen MR) is 100 cm³/mol. The van der Waals surface area contributed by atoms with Gasteiger partial charge in [-0.3, -0.25) is 4.79 Å². The van der Waals surface area contributed by atoms with Gasteiger partial charge in [-0.05, 0) is 37.5 Å². The van der Waals surface area contributed by atoms with Gasteiger partial charge in [-0.25, -0.2) is 0 Å². The molecule has 0 aromatic rings. The molecule has 5 atom stereocenters. The SMILES string of the molecule is CCCCCC(C(=O)O)[C@@H]1[C@H](C=O)CC[C@@H]1C=C[C@@H](O)CCCCC. The van der Waals surface area contributed by atoms with Crippen LogP contribution in [0.3, 0.4) is 0 Å². The molecule has 0 amide bonds. The number of carboxylic acids is 1. The van der Waals surface area contributed by atoms with Crippen LogP contribution in [-0.2, 0) is 9.59 Å². The highest BCUT2D eigenvalue weighted by molar-refractivity contribution is 5.71. The van der Waals surface area contributed by atoms with Gasteiger partial charge >= 0.3 is 5.97 Å². The molecule has 0 radical (unpaired) electrons. The molecule has 1 saturated carbocycles. The first-order valence-corrected chi connectivity index (χ1v) is 10.1. The van der Waals surface area contributed by atoms with Crippen LogP contribution in [-0.4, -0.2) is 28.6 Å². The minimum atomic E-state index is -0.781. The van der Waals surface area contributed by atoms with Gasteiger partial charge in [0.1, 0.15) is 6.29 Å². The lowest BCUT2D eigenvalue weighted by Gasteiger charge is -2.27. The smallest absolute Gasteiger partial charge is 0.306 e. The first-order valence-electron chi connectivity index (χ1n) is 10.1. The van der Waals surface area contributed by atoms with Crippen LogP contribution in [0.5, 0.6) is 0 Å². The number of carbonyl (C=O) groups is 2. The Bertz CT molecular complexity index is 418. The Kier molecular flexibility index (Phi) is 10.7. The Hall–Kier alpha value is -1.16. The summed E-state index contributed by atoms with van der Waals surface area (Å²) in [6, 6.07) is 0. The van der Waals surface area contributed by atoms with Crippen LogP contribution < -0.4 is 0 Å². The minimum absolute atomic E-state index is 0.0822. The first-order chi connectivity index (χ1) is 12.0. The molecular formula is C21H36O4. The number of allylic oxidation sites excluding steroid dienone is 1. The number of rotatable bonds is 13. The Morgan fingerprint density at radius 2 is 1.64 bits per heavy atom. The van der Waals surface area contributed by atoms with Crippen molar-refractivity contribution in [2.45, 2.75) is 84.2 Å². The fraction of sp³-hybridized carbons (Fsp3) is 0.810. The van der Waals surface area contributed by atoms with E-state index in [1.54, 1.807) is 0 Å². The second kappa shape index (κ2) is 12.2. The van der Waals surface area contributed by atoms with Crippen molar-refractivity contribution < 1.29 is 19.8 Å². The van der Waals surface area contributed by atoms with Gasteiger partial charge in [0.2, 0.25) is 0 Å². The number of aldehydes is 1. The van der Waals surface area contributed by atoms with Crippen molar-refractivity contribution in [3.05, 3.63) is 12.2 Å². The molecule has 0 aromatic carbocycles. The second-order valence-electron chi connectivity index (χ2n) is 7.51. The highest BCUT2D eigenvalue weighted by atomic mass is 16.4. The summed E-state index contributed by atoms with van der Waals surface area (Å²) in [5.74, 6) is -1.47. The number of hydrogen-bond donors (Lipinski definition) is 2. The van der Waals surface area contributed by atoms with Gasteiger partial charge in [0, 0.05) is 5.92 Å². The van der Waals surface area contributed by atoms with Crippen LogP contribution in [0.1, 0.15) is 78.1 Å². The number of carbonyl (C=O) groups excluding carboxylic acids is 1. The predicted octanol–water partition coefficient (Wildman–Crippen LogP) is 4.61. The third-order valence-corrected chi connectivity index (χ3v) is 5.58. The Morgan fingerprint density at radius 1 is 1.04 bits per heavy atom. The summed E-state index contributed by atoms with van der Waals surface area (Å²) in [6.45, 7) is 4.24. The highest BCUT2D eigenvalue weighted by Gasteiger charge is 2.42. The number of aliphatic hydroxyl groups is 1. The van der Waals surface area contributed by atoms with Crippen molar-refractivity contribution in [3.63, 3.8) is 0 Å². The molecule has 2 N–H and O–H groups in total. The molecule has 0 aromatic heterocycles. The number of aliphatic carboxylic acids is 1. The van der Waals surface area contributed by atoms with Crippen molar-refractivity contribution in [1.82, 2.24) is 0 Å². The number of hydrogen-bond acceptors (Lipinski definition) is 3. The van der Waals surface area contributed by atoms with Gasteiger partial charge in [-0.15, -0.1) is 0 Å². The molecule has 144 valence electrons. The molecular weight excluding hydrogens is 316 g/mol. The van der Waals surface area contributed by atoms with E-state index in [4.69, 9.17) is 0 Å². The molecule has 0 bridgehead atoms. The fourth-order valence-corrected chi connectivity index (χ4v) is 4.13. The first kappa shape index (κ1) is 21.9. The molecule has 4 heteroatoms. The van der Waals surface area contributed by atoms with Crippen LogP contribution in [0, 0.1) is 23.7 Å². The standard InChI is InChI=1S/C21H36O4/c1-3-5-7-9-18(23)14-13-16-11-12-17(15-22)20(16)19(21(24)25)10-8-6-4-2/h13-20,23H,3-12H2,1-2H3,(H,24,25)/t16-,17+,18+,19?,20+/m1/s1. The van der Waals surface area contributed by atoms with Crippen molar-refractivity contribution in [2.75, 3.05) is 0 Å². The normalized spacial score (nSPS) is 26.0. The lowest BCUT2D eigenvalue weighted by Crippen LogP contribution is -2.31. The molecule has 1 rings (SSSR count). The Labute approximate surface area is 152 Å². The molecule has 1 aliphatic carbocycles. The molecule has 1 unspecified atom stereocenters. The van der Waals surface area contributed by atoms with E-state index in [1.807, 2.05) is 12.2 Å². The summed E-state index contributed by atoms with van der Waals surface area (Å²) in [6.07, 6.45) is 13.5. The fourth-order valence-electron chi connectivity index (χ4n) is 4.13. The third-order valence-electron chi connectivity index (χ3n) is 5.58. The number of carboxylic acid groups (broad SMARTS) is 1. The van der Waals surface area contributed by atoms with Crippen molar-refractivity contribution in [1.29, 1.82) is 0 Å². The van der Waals surface area contributed by atoms with Gasteiger partial charge in [0.05, 0.1) is 12.0 Å². The van der Waals surface area contributed by atoms with E-state index in [-0.39, 0.29) is 17.8 Å². The van der Waals surface area contributed by atoms with E-state index in [0.717, 1.165) is 64.1 Å². The molecule has 0 spiro atoms. The molecule has 25 heavy (non-hydrogen) atoms. The van der Waals surface area contributed by atoms with Crippen molar-refractivity contribution >= 4 is 12.3 Å². The highest BCUT2D eigenvalue weighted by Crippen LogP contribution is 2.43. The summed E-state index contributed by atoms with van der Waals surface area (Å²) in [5.41, 5.74) is 0. The van der Waals surface area contributed by atoms with E-state index < -0.39 is 18.0 Å². The van der Waals surface area contributed by atoms with Gasteiger partial charge in [0.25, 0.3) is 0 Å². The maximum absolute atomic E-state index is 11.8. The van der Waals surface area contributed by atoms with E-state index in [2.05, 4.69) is 13.8 Å². The van der Waals surface area contributed by atoms with E-state index in [1.165, 1.54) is 0 Å². The van der Waals surface area contributed by atoms with E-state index in [0.29, 0.717) is 6.42 Å². The Balaban J connectivity index is 2.75. The molecule has 0 saturated heterocycles. The van der Waals surface area contributed by atoms with Gasteiger partial charge in [-0.1, -0.05) is 64.5 Å². The van der Waals surface area contributed by atoms with Crippen molar-refractivity contribution in [3.8, 4) is 0 Å². The summed E-state index contributed by atoms with van der Waals surface area (Å²) < 4.78 is 0. The van der Waals surface area contributed by atoms with Crippen molar-refractivity contribution in [2.24, 2.45) is 23.7 Å². The summed E-state index contributed by atoms with van der Waals surface area (Å²) >= 11 is 0. The lowest BCUT2D eigenvalue weighted by atomic mass is 9.76. The van der Waals surface area contributed by atoms with Gasteiger partial charge in [0.15, 0.2) is 0 Å². The summed E-state index contributed by atoms with van der Waals surface area (Å²) in [4.78, 5) is 23.3. The molecule has 1 aliphatic rings. The quantitative estimate of drug-likeness (QED) is 0.288. The second-order valence-corrected chi connectivity index (χ2v) is 7.51. The maximum Gasteiger partial charge on any atom is 0.306 e. The summed E-state index contributed by atoms with van der Waals surface area (Å²) in [5, 5.41) is 19.8. The number of aliphatic hydroxyl groups excluding tert-OH is 1. The Morgan fingerprint density at radius 3 is 2.20 bits per heavy atom. The van der Waals surface area contributed by atoms with Crippen LogP contribution in [0.15, 0.2) is 12.2 Å². The number of unbranched alkanes of at least 4 members (excludes halogenated alkanes) is 4. The molecule has 0 aliphatic heterocycles. The van der Waals surface area contributed by atoms with E-state index >= 15 is 0 Å². The topological polar surface area (TPSA) is 74.6 Å². The maximum atomic E-state index is 11.8. The largest absolute Gasteiger partial charge is 0.481 e. The van der Waals surface area contributed by atoms with Crippen LogP contribution >= 0.6 is 0 Å².